The minimum atomic E-state index is -4.29. The molecular formula is C7H10F3N3O. The van der Waals surface area contributed by atoms with E-state index in [0.29, 0.717) is 5.82 Å². The highest BCUT2D eigenvalue weighted by Crippen LogP contribution is 2.17. The van der Waals surface area contributed by atoms with Gasteiger partial charge in [-0.15, -0.1) is 0 Å². The van der Waals surface area contributed by atoms with E-state index in [9.17, 15) is 13.2 Å². The molecule has 0 aromatic carbocycles. The van der Waals surface area contributed by atoms with Crippen LogP contribution in [0.1, 0.15) is 25.6 Å². The van der Waals surface area contributed by atoms with Crippen LogP contribution in [0.3, 0.4) is 0 Å². The molecule has 0 aliphatic rings. The van der Waals surface area contributed by atoms with E-state index in [-0.39, 0.29) is 11.9 Å². The Kier molecular flexibility index (Phi) is 2.97. The summed E-state index contributed by atoms with van der Waals surface area (Å²) >= 11 is 0. The molecule has 0 atom stereocenters. The van der Waals surface area contributed by atoms with Crippen molar-refractivity contribution >= 4 is 6.01 Å². The summed E-state index contributed by atoms with van der Waals surface area (Å²) in [4.78, 5) is 3.72. The fourth-order valence-electron chi connectivity index (χ4n) is 0.717. The van der Waals surface area contributed by atoms with Crippen LogP contribution in [-0.4, -0.2) is 22.9 Å². The lowest BCUT2D eigenvalue weighted by Gasteiger charge is -2.04. The topological polar surface area (TPSA) is 51.0 Å². The molecule has 0 amide bonds. The summed E-state index contributed by atoms with van der Waals surface area (Å²) in [7, 11) is 0. The molecule has 1 aromatic heterocycles. The Morgan fingerprint density at radius 1 is 1.43 bits per heavy atom. The molecule has 0 aliphatic heterocycles. The molecular weight excluding hydrogens is 199 g/mol. The van der Waals surface area contributed by atoms with E-state index in [0.717, 1.165) is 0 Å². The highest BCUT2D eigenvalue weighted by atomic mass is 19.4. The van der Waals surface area contributed by atoms with Crippen LogP contribution >= 0.6 is 0 Å². The average Bonchev–Trinajstić information content (AvgIpc) is 2.47. The largest absolute Gasteiger partial charge is 0.405 e. The van der Waals surface area contributed by atoms with Crippen molar-refractivity contribution in [3.05, 3.63) is 5.82 Å². The zero-order valence-corrected chi connectivity index (χ0v) is 7.72. The molecule has 0 aliphatic carbocycles. The standard InChI is InChI=1S/C7H10F3N3O/c1-4(2)5-12-6(14-13-5)11-3-7(8,9)10/h4H,3H2,1-2H3,(H,11,12,13). The van der Waals surface area contributed by atoms with E-state index in [2.05, 4.69) is 14.7 Å². The van der Waals surface area contributed by atoms with Gasteiger partial charge in [0.05, 0.1) is 0 Å². The Balaban J connectivity index is 2.52. The van der Waals surface area contributed by atoms with Gasteiger partial charge >= 0.3 is 12.2 Å². The van der Waals surface area contributed by atoms with Gasteiger partial charge in [0, 0.05) is 5.92 Å². The Bertz CT molecular complexity index is 295. The number of rotatable bonds is 3. The molecule has 0 fully saturated rings. The number of nitrogens with one attached hydrogen (secondary N) is 1. The minimum Gasteiger partial charge on any atom is -0.329 e. The number of alkyl halides is 3. The first kappa shape index (κ1) is 10.8. The molecule has 1 heterocycles. The Labute approximate surface area is 78.5 Å². The smallest absolute Gasteiger partial charge is 0.329 e. The molecule has 0 saturated heterocycles. The maximum atomic E-state index is 11.8. The van der Waals surface area contributed by atoms with Crippen LogP contribution in [-0.2, 0) is 0 Å². The number of hydrogen-bond acceptors (Lipinski definition) is 4. The second-order valence-electron chi connectivity index (χ2n) is 3.08. The second kappa shape index (κ2) is 3.85. The number of anilines is 1. The van der Waals surface area contributed by atoms with Crippen LogP contribution in [0.2, 0.25) is 0 Å². The molecule has 7 heteroatoms. The highest BCUT2D eigenvalue weighted by molar-refractivity contribution is 5.19. The maximum Gasteiger partial charge on any atom is 0.405 e. The second-order valence-corrected chi connectivity index (χ2v) is 3.08. The third-order valence-electron chi connectivity index (χ3n) is 1.40. The summed E-state index contributed by atoms with van der Waals surface area (Å²) in [5.41, 5.74) is 0. The summed E-state index contributed by atoms with van der Waals surface area (Å²) in [6.07, 6.45) is -4.29. The van der Waals surface area contributed by atoms with Crippen LogP contribution in [0.5, 0.6) is 0 Å². The van der Waals surface area contributed by atoms with Crippen molar-refractivity contribution in [3.63, 3.8) is 0 Å². The van der Waals surface area contributed by atoms with Crippen molar-refractivity contribution in [3.8, 4) is 0 Å². The number of hydrogen-bond donors (Lipinski definition) is 1. The van der Waals surface area contributed by atoms with Gasteiger partial charge in [0.2, 0.25) is 0 Å². The molecule has 1 rings (SSSR count). The maximum absolute atomic E-state index is 11.8. The van der Waals surface area contributed by atoms with Crippen molar-refractivity contribution in [1.29, 1.82) is 0 Å². The van der Waals surface area contributed by atoms with Crippen molar-refractivity contribution in [2.24, 2.45) is 0 Å². The minimum absolute atomic E-state index is 0.0280. The molecule has 4 nitrogen and oxygen atoms in total. The molecule has 0 unspecified atom stereocenters. The number of nitrogens with zero attached hydrogens (tertiary/aromatic N) is 2. The lowest BCUT2D eigenvalue weighted by Crippen LogP contribution is -2.21. The Hall–Kier alpha value is -1.27. The van der Waals surface area contributed by atoms with E-state index in [1.165, 1.54) is 0 Å². The van der Waals surface area contributed by atoms with Crippen LogP contribution in [0.25, 0.3) is 0 Å². The number of halogens is 3. The molecule has 80 valence electrons. The summed E-state index contributed by atoms with van der Waals surface area (Å²) in [6.45, 7) is 2.46. The van der Waals surface area contributed by atoms with Crippen LogP contribution in [0, 0.1) is 0 Å². The van der Waals surface area contributed by atoms with Gasteiger partial charge in [-0.05, 0) is 0 Å². The molecule has 14 heavy (non-hydrogen) atoms. The van der Waals surface area contributed by atoms with Crippen molar-refractivity contribution in [1.82, 2.24) is 10.1 Å². The summed E-state index contributed by atoms with van der Waals surface area (Å²) in [6, 6.07) is -0.203. The summed E-state index contributed by atoms with van der Waals surface area (Å²) in [5, 5.41) is 5.49. The fourth-order valence-corrected chi connectivity index (χ4v) is 0.717. The van der Waals surface area contributed by atoms with E-state index in [4.69, 9.17) is 0 Å². The van der Waals surface area contributed by atoms with Gasteiger partial charge in [0.1, 0.15) is 6.54 Å². The molecule has 1 N–H and O–H groups in total. The third kappa shape index (κ3) is 3.23. The van der Waals surface area contributed by atoms with Gasteiger partial charge in [-0.2, -0.15) is 18.2 Å². The van der Waals surface area contributed by atoms with Gasteiger partial charge in [-0.25, -0.2) is 0 Å². The lowest BCUT2D eigenvalue weighted by molar-refractivity contribution is -0.115. The van der Waals surface area contributed by atoms with Crippen molar-refractivity contribution in [2.75, 3.05) is 11.9 Å². The van der Waals surface area contributed by atoms with Gasteiger partial charge in [-0.1, -0.05) is 19.0 Å². The monoisotopic (exact) mass is 209 g/mol. The zero-order valence-electron chi connectivity index (χ0n) is 7.72. The zero-order chi connectivity index (χ0) is 10.8. The first-order chi connectivity index (χ1) is 6.38. The predicted octanol–water partition coefficient (Wildman–Crippen LogP) is 2.17. The molecule has 0 bridgehead atoms. The summed E-state index contributed by atoms with van der Waals surface area (Å²) < 4.78 is 39.8. The van der Waals surface area contributed by atoms with E-state index in [1.807, 2.05) is 19.2 Å². The quantitative estimate of drug-likeness (QED) is 0.828. The fraction of sp³-hybridized carbons (Fsp3) is 0.714. The third-order valence-corrected chi connectivity index (χ3v) is 1.40. The first-order valence-electron chi connectivity index (χ1n) is 4.02. The highest BCUT2D eigenvalue weighted by Gasteiger charge is 2.27. The molecule has 0 saturated carbocycles. The van der Waals surface area contributed by atoms with Crippen molar-refractivity contribution < 1.29 is 17.7 Å². The van der Waals surface area contributed by atoms with Crippen LogP contribution in [0.15, 0.2) is 4.52 Å². The van der Waals surface area contributed by atoms with E-state index >= 15 is 0 Å². The Morgan fingerprint density at radius 2 is 2.07 bits per heavy atom. The normalized spacial score (nSPS) is 12.1. The van der Waals surface area contributed by atoms with Crippen LogP contribution in [0.4, 0.5) is 19.2 Å². The number of aromatic nitrogens is 2. The average molecular weight is 209 g/mol. The lowest BCUT2D eigenvalue weighted by atomic mass is 10.2. The SMILES string of the molecule is CC(C)c1noc(NCC(F)(F)F)n1. The first-order valence-corrected chi connectivity index (χ1v) is 4.02. The van der Waals surface area contributed by atoms with Crippen LogP contribution < -0.4 is 5.32 Å². The van der Waals surface area contributed by atoms with E-state index in [1.54, 1.807) is 0 Å². The molecule has 0 radical (unpaired) electrons. The van der Waals surface area contributed by atoms with E-state index < -0.39 is 12.7 Å². The van der Waals surface area contributed by atoms with Gasteiger partial charge in [0.15, 0.2) is 5.82 Å². The van der Waals surface area contributed by atoms with Gasteiger partial charge in [0.25, 0.3) is 0 Å². The molecule has 0 spiro atoms. The van der Waals surface area contributed by atoms with Crippen molar-refractivity contribution in [2.45, 2.75) is 25.9 Å². The summed E-state index contributed by atoms with van der Waals surface area (Å²) in [5.74, 6) is 0.412. The Morgan fingerprint density at radius 3 is 2.50 bits per heavy atom. The predicted molar refractivity (Wildman–Crippen MR) is 42.9 cm³/mol. The van der Waals surface area contributed by atoms with Gasteiger partial charge < -0.3 is 9.84 Å². The van der Waals surface area contributed by atoms with Gasteiger partial charge in [-0.3, -0.25) is 0 Å². The molecule has 1 aromatic rings.